The predicted octanol–water partition coefficient (Wildman–Crippen LogP) is 5.72. The molecule has 3 heteroatoms. The van der Waals surface area contributed by atoms with Crippen LogP contribution in [0, 0.1) is 0 Å². The van der Waals surface area contributed by atoms with Gasteiger partial charge in [-0.1, -0.05) is 36.4 Å². The van der Waals surface area contributed by atoms with E-state index >= 15 is 0 Å². The Morgan fingerprint density at radius 3 is 2.57 bits per heavy atom. The summed E-state index contributed by atoms with van der Waals surface area (Å²) in [7, 11) is 0. The average Bonchev–Trinajstić information content (AvgIpc) is 2.95. The van der Waals surface area contributed by atoms with Gasteiger partial charge in [0.15, 0.2) is 0 Å². The summed E-state index contributed by atoms with van der Waals surface area (Å²) < 4.78 is 6.61. The first-order chi connectivity index (χ1) is 10.2. The molecule has 1 heterocycles. The maximum atomic E-state index is 9.73. The zero-order valence-electron chi connectivity index (χ0n) is 11.0. The van der Waals surface area contributed by atoms with E-state index < -0.39 is 0 Å². The molecule has 0 aliphatic carbocycles. The van der Waals surface area contributed by atoms with Gasteiger partial charge in [0.25, 0.3) is 0 Å². The standard InChI is InChI=1S/C18H11BrO2/c19-18-14-7-5-13(9-11(14)6-8-15(18)20)17-10-12-3-1-2-4-16(12)21-17/h1-10,20H. The first-order valence-corrected chi connectivity index (χ1v) is 7.42. The molecule has 0 spiro atoms. The van der Waals surface area contributed by atoms with E-state index in [1.54, 1.807) is 6.07 Å². The van der Waals surface area contributed by atoms with Crippen molar-refractivity contribution in [2.75, 3.05) is 0 Å². The molecule has 1 aromatic heterocycles. The fourth-order valence-corrected chi connectivity index (χ4v) is 3.05. The average molecular weight is 339 g/mol. The number of phenolic OH excluding ortho intramolecular Hbond substituents is 1. The Labute approximate surface area is 129 Å². The zero-order chi connectivity index (χ0) is 14.4. The van der Waals surface area contributed by atoms with Crippen molar-refractivity contribution in [2.24, 2.45) is 0 Å². The van der Waals surface area contributed by atoms with E-state index in [-0.39, 0.29) is 5.75 Å². The molecule has 0 saturated heterocycles. The van der Waals surface area contributed by atoms with Gasteiger partial charge >= 0.3 is 0 Å². The largest absolute Gasteiger partial charge is 0.507 e. The van der Waals surface area contributed by atoms with Gasteiger partial charge in [-0.25, -0.2) is 0 Å². The van der Waals surface area contributed by atoms with Crippen molar-refractivity contribution < 1.29 is 9.52 Å². The maximum absolute atomic E-state index is 9.73. The molecular weight excluding hydrogens is 328 g/mol. The molecule has 3 aromatic carbocycles. The monoisotopic (exact) mass is 338 g/mol. The van der Waals surface area contributed by atoms with Crippen molar-refractivity contribution in [3.63, 3.8) is 0 Å². The quantitative estimate of drug-likeness (QED) is 0.481. The Kier molecular flexibility index (Phi) is 2.76. The van der Waals surface area contributed by atoms with Crippen molar-refractivity contribution in [1.29, 1.82) is 0 Å². The van der Waals surface area contributed by atoms with E-state index in [2.05, 4.69) is 22.0 Å². The number of fused-ring (bicyclic) bond motifs is 2. The summed E-state index contributed by atoms with van der Waals surface area (Å²) in [5.41, 5.74) is 1.91. The van der Waals surface area contributed by atoms with E-state index in [1.807, 2.05) is 48.5 Å². The first-order valence-electron chi connectivity index (χ1n) is 6.62. The number of rotatable bonds is 1. The van der Waals surface area contributed by atoms with Gasteiger partial charge in [-0.15, -0.1) is 0 Å². The van der Waals surface area contributed by atoms with Crippen molar-refractivity contribution in [3.8, 4) is 17.1 Å². The zero-order valence-corrected chi connectivity index (χ0v) is 12.6. The van der Waals surface area contributed by atoms with E-state index in [1.165, 1.54) is 0 Å². The molecule has 0 atom stereocenters. The van der Waals surface area contributed by atoms with Gasteiger partial charge in [0, 0.05) is 10.9 Å². The lowest BCUT2D eigenvalue weighted by atomic mass is 10.1. The summed E-state index contributed by atoms with van der Waals surface area (Å²) in [5.74, 6) is 1.10. The summed E-state index contributed by atoms with van der Waals surface area (Å²) in [6.45, 7) is 0. The molecule has 1 N–H and O–H groups in total. The lowest BCUT2D eigenvalue weighted by molar-refractivity contribution is 0.473. The first kappa shape index (κ1) is 12.5. The van der Waals surface area contributed by atoms with Crippen LogP contribution in [0.1, 0.15) is 0 Å². The highest BCUT2D eigenvalue weighted by atomic mass is 79.9. The number of phenols is 1. The van der Waals surface area contributed by atoms with Crippen LogP contribution in [0.25, 0.3) is 33.1 Å². The van der Waals surface area contributed by atoms with Crippen molar-refractivity contribution in [1.82, 2.24) is 0 Å². The number of halogens is 1. The number of aromatic hydroxyl groups is 1. The summed E-state index contributed by atoms with van der Waals surface area (Å²) >= 11 is 3.42. The van der Waals surface area contributed by atoms with E-state index in [4.69, 9.17) is 4.42 Å². The third-order valence-corrected chi connectivity index (χ3v) is 4.48. The molecule has 0 aliphatic heterocycles. The third kappa shape index (κ3) is 2.01. The lowest BCUT2D eigenvalue weighted by Gasteiger charge is -2.05. The van der Waals surface area contributed by atoms with E-state index in [0.29, 0.717) is 0 Å². The lowest BCUT2D eigenvalue weighted by Crippen LogP contribution is -1.79. The fourth-order valence-electron chi connectivity index (χ4n) is 2.56. The molecule has 21 heavy (non-hydrogen) atoms. The molecule has 0 amide bonds. The number of hydrogen-bond acceptors (Lipinski definition) is 2. The van der Waals surface area contributed by atoms with Crippen LogP contribution in [0.4, 0.5) is 0 Å². The van der Waals surface area contributed by atoms with Gasteiger partial charge in [-0.05, 0) is 51.0 Å². The highest BCUT2D eigenvalue weighted by Crippen LogP contribution is 2.35. The summed E-state index contributed by atoms with van der Waals surface area (Å²) in [5, 5.41) is 12.9. The molecular formula is C18H11BrO2. The second-order valence-electron chi connectivity index (χ2n) is 4.98. The minimum atomic E-state index is 0.249. The third-order valence-electron chi connectivity index (χ3n) is 3.64. The molecule has 0 unspecified atom stereocenters. The Morgan fingerprint density at radius 2 is 1.71 bits per heavy atom. The SMILES string of the molecule is Oc1ccc2cc(-c3cc4ccccc4o3)ccc2c1Br. The molecule has 4 rings (SSSR count). The van der Waals surface area contributed by atoms with Gasteiger partial charge in [0.05, 0.1) is 4.47 Å². The Morgan fingerprint density at radius 1 is 0.857 bits per heavy atom. The summed E-state index contributed by atoms with van der Waals surface area (Å²) in [6.07, 6.45) is 0. The van der Waals surface area contributed by atoms with Gasteiger partial charge in [0.1, 0.15) is 17.1 Å². The molecule has 0 saturated carbocycles. The predicted molar refractivity (Wildman–Crippen MR) is 88.5 cm³/mol. The molecule has 4 aromatic rings. The van der Waals surface area contributed by atoms with Gasteiger partial charge in [-0.2, -0.15) is 0 Å². The number of hydrogen-bond donors (Lipinski definition) is 1. The molecule has 0 fully saturated rings. The van der Waals surface area contributed by atoms with Crippen LogP contribution in [0.3, 0.4) is 0 Å². The van der Waals surface area contributed by atoms with Crippen molar-refractivity contribution >= 4 is 37.7 Å². The maximum Gasteiger partial charge on any atom is 0.135 e. The van der Waals surface area contributed by atoms with Gasteiger partial charge in [0.2, 0.25) is 0 Å². The number of para-hydroxylation sites is 1. The summed E-state index contributed by atoms with van der Waals surface area (Å²) in [6, 6.07) is 19.7. The minimum absolute atomic E-state index is 0.249. The number of benzene rings is 3. The topological polar surface area (TPSA) is 33.4 Å². The molecule has 0 radical (unpaired) electrons. The van der Waals surface area contributed by atoms with Crippen LogP contribution in [0.5, 0.6) is 5.75 Å². The Bertz CT molecular complexity index is 936. The Hall–Kier alpha value is -2.26. The highest BCUT2D eigenvalue weighted by Gasteiger charge is 2.09. The summed E-state index contributed by atoms with van der Waals surface area (Å²) in [4.78, 5) is 0. The van der Waals surface area contributed by atoms with Crippen LogP contribution in [0.15, 0.2) is 69.6 Å². The van der Waals surface area contributed by atoms with E-state index in [9.17, 15) is 5.11 Å². The minimum Gasteiger partial charge on any atom is -0.507 e. The van der Waals surface area contributed by atoms with Gasteiger partial charge in [-0.3, -0.25) is 0 Å². The van der Waals surface area contributed by atoms with E-state index in [0.717, 1.165) is 37.5 Å². The van der Waals surface area contributed by atoms with Gasteiger partial charge < -0.3 is 9.52 Å². The molecule has 102 valence electrons. The Balaban J connectivity index is 1.92. The highest BCUT2D eigenvalue weighted by molar-refractivity contribution is 9.10. The van der Waals surface area contributed by atoms with Crippen LogP contribution >= 0.6 is 15.9 Å². The van der Waals surface area contributed by atoms with Crippen LogP contribution in [-0.4, -0.2) is 5.11 Å². The fraction of sp³-hybridized carbons (Fsp3) is 0. The second kappa shape index (κ2) is 4.64. The molecule has 0 bridgehead atoms. The van der Waals surface area contributed by atoms with Crippen LogP contribution in [0.2, 0.25) is 0 Å². The number of furan rings is 1. The second-order valence-corrected chi connectivity index (χ2v) is 5.78. The normalized spacial score (nSPS) is 11.3. The van der Waals surface area contributed by atoms with Crippen LogP contribution in [-0.2, 0) is 0 Å². The smallest absolute Gasteiger partial charge is 0.135 e. The molecule has 0 aliphatic rings. The van der Waals surface area contributed by atoms with Crippen molar-refractivity contribution in [2.45, 2.75) is 0 Å². The van der Waals surface area contributed by atoms with Crippen LogP contribution < -0.4 is 0 Å². The molecule has 2 nitrogen and oxygen atoms in total. The van der Waals surface area contributed by atoms with Crippen molar-refractivity contribution in [3.05, 3.63) is 65.1 Å².